The van der Waals surface area contributed by atoms with Crippen molar-refractivity contribution in [2.45, 2.75) is 32.3 Å². The van der Waals surface area contributed by atoms with Gasteiger partial charge in [-0.15, -0.1) is 0 Å². The Hall–Kier alpha value is -3.60. The van der Waals surface area contributed by atoms with Crippen LogP contribution in [0.1, 0.15) is 12.5 Å². The first kappa shape index (κ1) is 24.1. The molecule has 0 bridgehead atoms. The standard InChI is InChI=1S/C22H22F3N3O5/c1-2-27-20(31)17-8-3-4-9-18(17)28(21(27)32)12-19(30)26-11-15(29)13-33-16-7-5-6-14(10-16)22(23,24)25/h3-10,15,29H,2,11-13H2,1H3,(H,26,30). The van der Waals surface area contributed by atoms with Crippen LogP contribution in [0.3, 0.4) is 0 Å². The molecule has 0 saturated carbocycles. The summed E-state index contributed by atoms with van der Waals surface area (Å²) in [5, 5.41) is 12.8. The molecular formula is C22H22F3N3O5. The number of carbonyl (C=O) groups is 1. The van der Waals surface area contributed by atoms with Gasteiger partial charge < -0.3 is 15.2 Å². The van der Waals surface area contributed by atoms with E-state index in [9.17, 15) is 32.7 Å². The van der Waals surface area contributed by atoms with Crippen molar-refractivity contribution in [3.05, 3.63) is 74.9 Å². The summed E-state index contributed by atoms with van der Waals surface area (Å²) in [6, 6.07) is 10.6. The lowest BCUT2D eigenvalue weighted by molar-refractivity contribution is -0.137. The van der Waals surface area contributed by atoms with Crippen molar-refractivity contribution in [1.82, 2.24) is 14.5 Å². The van der Waals surface area contributed by atoms with Crippen LogP contribution in [0.25, 0.3) is 10.9 Å². The van der Waals surface area contributed by atoms with Crippen LogP contribution in [0.15, 0.2) is 58.1 Å². The summed E-state index contributed by atoms with van der Waals surface area (Å²) < 4.78 is 45.6. The lowest BCUT2D eigenvalue weighted by Gasteiger charge is -2.16. The quantitative estimate of drug-likeness (QED) is 0.528. The molecule has 0 aliphatic carbocycles. The topological polar surface area (TPSA) is 103 Å². The predicted molar refractivity (Wildman–Crippen MR) is 114 cm³/mol. The van der Waals surface area contributed by atoms with Gasteiger partial charge in [0.05, 0.1) is 16.5 Å². The number of para-hydroxylation sites is 1. The molecule has 0 fully saturated rings. The smallest absolute Gasteiger partial charge is 0.416 e. The lowest BCUT2D eigenvalue weighted by atomic mass is 10.2. The second kappa shape index (κ2) is 9.90. The number of fused-ring (bicyclic) bond motifs is 1. The first-order chi connectivity index (χ1) is 15.6. The summed E-state index contributed by atoms with van der Waals surface area (Å²) >= 11 is 0. The van der Waals surface area contributed by atoms with Crippen LogP contribution in [-0.2, 0) is 24.1 Å². The van der Waals surface area contributed by atoms with Gasteiger partial charge in [-0.05, 0) is 37.3 Å². The minimum atomic E-state index is -4.52. The van der Waals surface area contributed by atoms with Crippen LogP contribution < -0.4 is 21.3 Å². The van der Waals surface area contributed by atoms with E-state index in [1.807, 2.05) is 0 Å². The van der Waals surface area contributed by atoms with E-state index in [2.05, 4.69) is 5.32 Å². The summed E-state index contributed by atoms with van der Waals surface area (Å²) in [5.74, 6) is -0.670. The van der Waals surface area contributed by atoms with Crippen LogP contribution in [-0.4, -0.2) is 39.4 Å². The van der Waals surface area contributed by atoms with Gasteiger partial charge in [0, 0.05) is 13.1 Å². The first-order valence-corrected chi connectivity index (χ1v) is 10.1. The normalized spacial score (nSPS) is 12.5. The number of hydrogen-bond donors (Lipinski definition) is 2. The maximum atomic E-state index is 12.8. The highest BCUT2D eigenvalue weighted by Gasteiger charge is 2.30. The minimum Gasteiger partial charge on any atom is -0.491 e. The molecule has 1 amide bonds. The maximum Gasteiger partial charge on any atom is 0.416 e. The lowest BCUT2D eigenvalue weighted by Crippen LogP contribution is -2.43. The van der Waals surface area contributed by atoms with E-state index in [-0.39, 0.29) is 32.0 Å². The minimum absolute atomic E-state index is 0.0740. The Morgan fingerprint density at radius 2 is 1.85 bits per heavy atom. The third-order valence-electron chi connectivity index (χ3n) is 4.89. The molecule has 3 rings (SSSR count). The van der Waals surface area contributed by atoms with Crippen molar-refractivity contribution in [1.29, 1.82) is 0 Å². The molecule has 2 N–H and O–H groups in total. The van der Waals surface area contributed by atoms with E-state index >= 15 is 0 Å². The summed E-state index contributed by atoms with van der Waals surface area (Å²) in [4.78, 5) is 37.5. The number of carbonyl (C=O) groups excluding carboxylic acids is 1. The number of amides is 1. The van der Waals surface area contributed by atoms with Crippen LogP contribution in [0.5, 0.6) is 5.75 Å². The number of ether oxygens (including phenoxy) is 1. The second-order valence-electron chi connectivity index (χ2n) is 7.23. The SMILES string of the molecule is CCn1c(=O)c2ccccc2n(CC(=O)NCC(O)COc2cccc(C(F)(F)F)c2)c1=O. The second-order valence-corrected chi connectivity index (χ2v) is 7.23. The fraction of sp³-hybridized carbons (Fsp3) is 0.318. The molecule has 0 aliphatic heterocycles. The number of alkyl halides is 3. The number of hydrogen-bond acceptors (Lipinski definition) is 5. The molecule has 8 nitrogen and oxygen atoms in total. The third-order valence-corrected chi connectivity index (χ3v) is 4.89. The molecule has 0 radical (unpaired) electrons. The zero-order valence-electron chi connectivity index (χ0n) is 17.6. The molecule has 0 spiro atoms. The Morgan fingerprint density at radius 1 is 1.12 bits per heavy atom. The number of nitrogens with zero attached hydrogens (tertiary/aromatic N) is 2. The summed E-state index contributed by atoms with van der Waals surface area (Å²) in [6.45, 7) is 0.780. The molecule has 2 aromatic carbocycles. The summed E-state index contributed by atoms with van der Waals surface area (Å²) in [5.41, 5.74) is -1.66. The van der Waals surface area contributed by atoms with Gasteiger partial charge in [0.1, 0.15) is 25.0 Å². The number of aromatic nitrogens is 2. The number of benzene rings is 2. The molecule has 1 atom stereocenters. The van der Waals surface area contributed by atoms with Gasteiger partial charge in [-0.1, -0.05) is 18.2 Å². The zero-order chi connectivity index (χ0) is 24.2. The molecule has 1 unspecified atom stereocenters. The van der Waals surface area contributed by atoms with E-state index in [0.717, 1.165) is 16.7 Å². The fourth-order valence-corrected chi connectivity index (χ4v) is 3.25. The highest BCUT2D eigenvalue weighted by molar-refractivity contribution is 5.81. The van der Waals surface area contributed by atoms with E-state index in [4.69, 9.17) is 4.74 Å². The summed E-state index contributed by atoms with van der Waals surface area (Å²) in [7, 11) is 0. The number of rotatable bonds is 8. The molecule has 33 heavy (non-hydrogen) atoms. The van der Waals surface area contributed by atoms with Crippen molar-refractivity contribution >= 4 is 16.8 Å². The van der Waals surface area contributed by atoms with Crippen molar-refractivity contribution in [2.24, 2.45) is 0 Å². The highest BCUT2D eigenvalue weighted by Crippen LogP contribution is 2.31. The van der Waals surface area contributed by atoms with E-state index in [1.165, 1.54) is 16.7 Å². The van der Waals surface area contributed by atoms with E-state index in [0.29, 0.717) is 10.9 Å². The molecule has 176 valence electrons. The van der Waals surface area contributed by atoms with Crippen LogP contribution in [0.4, 0.5) is 13.2 Å². The molecule has 1 heterocycles. The zero-order valence-corrected chi connectivity index (χ0v) is 17.6. The number of nitrogens with one attached hydrogen (secondary N) is 1. The first-order valence-electron chi connectivity index (χ1n) is 10.1. The van der Waals surface area contributed by atoms with Gasteiger partial charge >= 0.3 is 11.9 Å². The molecule has 3 aromatic rings. The van der Waals surface area contributed by atoms with E-state index < -0.39 is 35.0 Å². The third kappa shape index (κ3) is 5.61. The monoisotopic (exact) mass is 465 g/mol. The highest BCUT2D eigenvalue weighted by atomic mass is 19.4. The molecule has 0 saturated heterocycles. The van der Waals surface area contributed by atoms with Crippen molar-refractivity contribution < 1.29 is 27.8 Å². The van der Waals surface area contributed by atoms with Gasteiger partial charge in [0.15, 0.2) is 0 Å². The van der Waals surface area contributed by atoms with Gasteiger partial charge in [0.2, 0.25) is 5.91 Å². The molecule has 0 aliphatic rings. The number of aliphatic hydroxyl groups excluding tert-OH is 1. The Kier molecular flexibility index (Phi) is 7.22. The Morgan fingerprint density at radius 3 is 2.55 bits per heavy atom. The fourth-order valence-electron chi connectivity index (χ4n) is 3.25. The van der Waals surface area contributed by atoms with Crippen LogP contribution >= 0.6 is 0 Å². The van der Waals surface area contributed by atoms with Gasteiger partial charge in [0.25, 0.3) is 5.56 Å². The number of aliphatic hydroxyl groups is 1. The van der Waals surface area contributed by atoms with Gasteiger partial charge in [-0.25, -0.2) is 4.79 Å². The van der Waals surface area contributed by atoms with Crippen molar-refractivity contribution in [2.75, 3.05) is 13.2 Å². The van der Waals surface area contributed by atoms with Crippen molar-refractivity contribution in [3.63, 3.8) is 0 Å². The van der Waals surface area contributed by atoms with Gasteiger partial charge in [-0.3, -0.25) is 18.7 Å². The molecule has 1 aromatic heterocycles. The maximum absolute atomic E-state index is 12.8. The van der Waals surface area contributed by atoms with E-state index in [1.54, 1.807) is 31.2 Å². The van der Waals surface area contributed by atoms with Gasteiger partial charge in [-0.2, -0.15) is 13.2 Å². The van der Waals surface area contributed by atoms with Crippen molar-refractivity contribution in [3.8, 4) is 5.75 Å². The Balaban J connectivity index is 1.63. The largest absolute Gasteiger partial charge is 0.491 e. The predicted octanol–water partition coefficient (Wildman–Crippen LogP) is 1.76. The average molecular weight is 465 g/mol. The Bertz CT molecular complexity index is 1270. The molecule has 11 heteroatoms. The Labute approximate surface area is 185 Å². The molecular weight excluding hydrogens is 443 g/mol. The summed E-state index contributed by atoms with van der Waals surface area (Å²) in [6.07, 6.45) is -5.73. The van der Waals surface area contributed by atoms with Crippen LogP contribution in [0.2, 0.25) is 0 Å². The number of halogens is 3. The van der Waals surface area contributed by atoms with Crippen LogP contribution in [0, 0.1) is 0 Å². The average Bonchev–Trinajstić information content (AvgIpc) is 2.79.